The standard InChI is InChI=1S/C40H41F3N6O5S/c1-2-46(22-20-45-25-29-9-5-3-6-10-29)26-31-19-21-47(27-31)38(50)37(32-11-7-4-8-12-32)48-36-23-30(24-44)13-18-35(36)49(39(48)51)55(52,53)34-16-14-33(15-17-34)54-28-40(41,42)43/h3-18,23,31,37,45H,2,19-22,25-28H2,1H3/t31-,37?/m0/s1. The summed E-state index contributed by atoms with van der Waals surface area (Å²) in [5.74, 6) is -0.445. The summed E-state index contributed by atoms with van der Waals surface area (Å²) in [6, 6.07) is 27.8. The average molecular weight is 775 g/mol. The van der Waals surface area contributed by atoms with E-state index in [0.717, 1.165) is 68.0 Å². The van der Waals surface area contributed by atoms with Crippen molar-refractivity contribution in [2.45, 2.75) is 37.0 Å². The van der Waals surface area contributed by atoms with Gasteiger partial charge in [-0.2, -0.15) is 22.4 Å². The molecule has 0 spiro atoms. The molecule has 55 heavy (non-hydrogen) atoms. The maximum atomic E-state index is 14.7. The fourth-order valence-electron chi connectivity index (χ4n) is 6.92. The number of benzene rings is 4. The van der Waals surface area contributed by atoms with Crippen LogP contribution in [0, 0.1) is 17.2 Å². The molecule has 0 saturated carbocycles. The average Bonchev–Trinajstić information content (AvgIpc) is 3.77. The van der Waals surface area contributed by atoms with Crippen molar-refractivity contribution in [1.29, 1.82) is 5.26 Å². The Morgan fingerprint density at radius 2 is 1.69 bits per heavy atom. The highest BCUT2D eigenvalue weighted by atomic mass is 32.2. The molecule has 1 aromatic heterocycles. The Morgan fingerprint density at radius 3 is 2.35 bits per heavy atom. The molecule has 2 heterocycles. The zero-order chi connectivity index (χ0) is 39.2. The van der Waals surface area contributed by atoms with Crippen LogP contribution in [0.1, 0.15) is 36.1 Å². The summed E-state index contributed by atoms with van der Waals surface area (Å²) in [7, 11) is -4.68. The van der Waals surface area contributed by atoms with Crippen molar-refractivity contribution >= 4 is 27.0 Å². The van der Waals surface area contributed by atoms with Gasteiger partial charge in [-0.1, -0.05) is 67.6 Å². The van der Waals surface area contributed by atoms with Gasteiger partial charge in [0.05, 0.1) is 27.6 Å². The van der Waals surface area contributed by atoms with E-state index in [4.69, 9.17) is 4.74 Å². The summed E-state index contributed by atoms with van der Waals surface area (Å²) in [5.41, 5.74) is 0.729. The van der Waals surface area contributed by atoms with Crippen molar-refractivity contribution in [1.82, 2.24) is 23.7 Å². The van der Waals surface area contributed by atoms with Crippen molar-refractivity contribution in [2.75, 3.05) is 45.9 Å². The number of nitriles is 1. The van der Waals surface area contributed by atoms with Crippen LogP contribution in [0.4, 0.5) is 13.2 Å². The third kappa shape index (κ3) is 9.10. The van der Waals surface area contributed by atoms with Crippen LogP contribution in [0.25, 0.3) is 11.0 Å². The molecular formula is C40H41F3N6O5S. The number of imidazole rings is 1. The Hall–Kier alpha value is -5.43. The first-order chi connectivity index (χ1) is 26.4. The normalized spacial score (nSPS) is 15.3. The molecule has 1 N–H and O–H groups in total. The van der Waals surface area contributed by atoms with Gasteiger partial charge < -0.3 is 19.9 Å². The van der Waals surface area contributed by atoms with Crippen LogP contribution in [0.3, 0.4) is 0 Å². The number of rotatable bonds is 15. The fraction of sp³-hybridized carbons (Fsp3) is 0.325. The lowest BCUT2D eigenvalue weighted by molar-refractivity contribution is -0.153. The first kappa shape index (κ1) is 39.3. The number of aromatic nitrogens is 2. The van der Waals surface area contributed by atoms with Crippen molar-refractivity contribution in [2.24, 2.45) is 5.92 Å². The van der Waals surface area contributed by atoms with Gasteiger partial charge in [0.15, 0.2) is 6.61 Å². The Bertz CT molecular complexity index is 2310. The quantitative estimate of drug-likeness (QED) is 0.140. The van der Waals surface area contributed by atoms with Crippen molar-refractivity contribution in [3.63, 3.8) is 0 Å². The molecule has 1 amide bonds. The number of fused-ring (bicyclic) bond motifs is 1. The summed E-state index contributed by atoms with van der Waals surface area (Å²) in [4.78, 5) is 32.8. The van der Waals surface area contributed by atoms with E-state index in [9.17, 15) is 36.4 Å². The van der Waals surface area contributed by atoms with Crippen LogP contribution in [0.15, 0.2) is 113 Å². The van der Waals surface area contributed by atoms with E-state index in [0.29, 0.717) is 22.6 Å². The lowest BCUT2D eigenvalue weighted by atomic mass is 10.0. The SMILES string of the molecule is CCN(CCNCc1ccccc1)C[C@@H]1CCN(C(=O)C(c2ccccc2)n2c(=O)n(S(=O)(=O)c3ccc(OCC(F)(F)F)cc3)c3ccc(C#N)cc32)C1. The number of amides is 1. The lowest BCUT2D eigenvalue weighted by Crippen LogP contribution is -2.41. The van der Waals surface area contributed by atoms with Crippen LogP contribution in [0.2, 0.25) is 0 Å². The highest BCUT2D eigenvalue weighted by molar-refractivity contribution is 7.90. The number of carbonyl (C=O) groups excluding carboxylic acids is 1. The molecule has 11 nitrogen and oxygen atoms in total. The molecule has 15 heteroatoms. The summed E-state index contributed by atoms with van der Waals surface area (Å²) in [6.45, 7) is 5.41. The number of ether oxygens (including phenoxy) is 1. The van der Waals surface area contributed by atoms with Crippen LogP contribution in [0.5, 0.6) is 5.75 Å². The van der Waals surface area contributed by atoms with Crippen molar-refractivity contribution in [3.8, 4) is 11.8 Å². The number of carbonyl (C=O) groups is 1. The van der Waals surface area contributed by atoms with Crippen molar-refractivity contribution in [3.05, 3.63) is 130 Å². The minimum atomic E-state index is -4.68. The van der Waals surface area contributed by atoms with E-state index in [1.807, 2.05) is 24.3 Å². The van der Waals surface area contributed by atoms with E-state index in [1.165, 1.54) is 23.8 Å². The topological polar surface area (TPSA) is 130 Å². The van der Waals surface area contributed by atoms with Crippen LogP contribution in [-0.4, -0.2) is 84.7 Å². The zero-order valence-corrected chi connectivity index (χ0v) is 31.0. The van der Waals surface area contributed by atoms with Gasteiger partial charge >= 0.3 is 11.9 Å². The fourth-order valence-corrected chi connectivity index (χ4v) is 8.32. The minimum Gasteiger partial charge on any atom is -0.484 e. The van der Waals surface area contributed by atoms with E-state index >= 15 is 0 Å². The summed E-state index contributed by atoms with van der Waals surface area (Å²) in [6.07, 6.45) is -3.85. The highest BCUT2D eigenvalue weighted by Crippen LogP contribution is 2.30. The number of halogens is 3. The number of alkyl halides is 3. The maximum Gasteiger partial charge on any atom is 0.422 e. The van der Waals surface area contributed by atoms with Gasteiger partial charge in [0.2, 0.25) is 5.91 Å². The third-order valence-electron chi connectivity index (χ3n) is 9.67. The van der Waals surface area contributed by atoms with Gasteiger partial charge in [-0.3, -0.25) is 9.36 Å². The number of hydrogen-bond acceptors (Lipinski definition) is 8. The lowest BCUT2D eigenvalue weighted by Gasteiger charge is -2.27. The number of nitrogens with one attached hydrogen (secondary N) is 1. The second kappa shape index (κ2) is 16.9. The molecule has 6 rings (SSSR count). The molecule has 1 unspecified atom stereocenters. The molecule has 1 aliphatic rings. The molecule has 1 fully saturated rings. The van der Waals surface area contributed by atoms with Gasteiger partial charge in [0, 0.05) is 39.3 Å². The second-order valence-corrected chi connectivity index (χ2v) is 15.2. The smallest absolute Gasteiger partial charge is 0.422 e. The Morgan fingerprint density at radius 1 is 1.00 bits per heavy atom. The summed E-state index contributed by atoms with van der Waals surface area (Å²) in [5, 5.41) is 13.3. The number of nitrogens with zero attached hydrogens (tertiary/aromatic N) is 5. The molecule has 1 aliphatic heterocycles. The number of likely N-dealkylation sites (tertiary alicyclic amines) is 1. The summed E-state index contributed by atoms with van der Waals surface area (Å²) >= 11 is 0. The first-order valence-corrected chi connectivity index (χ1v) is 19.4. The minimum absolute atomic E-state index is 0.0517. The van der Waals surface area contributed by atoms with Crippen LogP contribution >= 0.6 is 0 Å². The highest BCUT2D eigenvalue weighted by Gasteiger charge is 2.37. The number of hydrogen-bond donors (Lipinski definition) is 1. The van der Waals surface area contributed by atoms with Gasteiger partial charge in [0.1, 0.15) is 11.8 Å². The molecule has 288 valence electrons. The van der Waals surface area contributed by atoms with Gasteiger partial charge in [0.25, 0.3) is 10.0 Å². The Balaban J connectivity index is 1.29. The third-order valence-corrected chi connectivity index (χ3v) is 11.4. The van der Waals surface area contributed by atoms with Crippen LogP contribution in [-0.2, 0) is 21.4 Å². The molecular weight excluding hydrogens is 734 g/mol. The molecule has 0 aliphatic carbocycles. The van der Waals surface area contributed by atoms with Gasteiger partial charge in [-0.15, -0.1) is 0 Å². The monoisotopic (exact) mass is 774 g/mol. The molecule has 0 bridgehead atoms. The Kier molecular flexibility index (Phi) is 12.1. The predicted octanol–water partition coefficient (Wildman–Crippen LogP) is 5.40. The van der Waals surface area contributed by atoms with E-state index in [2.05, 4.69) is 29.3 Å². The first-order valence-electron chi connectivity index (χ1n) is 17.9. The van der Waals surface area contributed by atoms with Crippen molar-refractivity contribution < 1.29 is 31.1 Å². The Labute approximate surface area is 317 Å². The van der Waals surface area contributed by atoms with E-state index in [-0.39, 0.29) is 28.3 Å². The van der Waals surface area contributed by atoms with E-state index in [1.54, 1.807) is 35.2 Å². The molecule has 2 atom stereocenters. The predicted molar refractivity (Wildman–Crippen MR) is 201 cm³/mol. The van der Waals surface area contributed by atoms with Gasteiger partial charge in [-0.05, 0) is 72.5 Å². The second-order valence-electron chi connectivity index (χ2n) is 13.4. The number of likely N-dealkylation sites (N-methyl/N-ethyl adjacent to an activating group) is 1. The van der Waals surface area contributed by atoms with E-state index < -0.39 is 45.3 Å². The molecule has 4 aromatic carbocycles. The molecule has 0 radical (unpaired) electrons. The van der Waals surface area contributed by atoms with Crippen LogP contribution < -0.4 is 15.7 Å². The zero-order valence-electron chi connectivity index (χ0n) is 30.2. The summed E-state index contributed by atoms with van der Waals surface area (Å²) < 4.78 is 72.8. The largest absolute Gasteiger partial charge is 0.484 e. The maximum absolute atomic E-state index is 14.7. The molecule has 1 saturated heterocycles. The van der Waals surface area contributed by atoms with Gasteiger partial charge in [-0.25, -0.2) is 13.2 Å². The molecule has 5 aromatic rings.